The maximum atomic E-state index is 14.3. The zero-order chi connectivity index (χ0) is 55.1. The Hall–Kier alpha value is -7.48. The highest BCUT2D eigenvalue weighted by atomic mass is 32.2. The molecule has 8 amide bonds. The fourth-order valence-electron chi connectivity index (χ4n) is 7.00. The van der Waals surface area contributed by atoms with Crippen molar-refractivity contribution in [1.82, 2.24) is 37.2 Å². The van der Waals surface area contributed by atoms with Crippen LogP contribution in [0.2, 0.25) is 0 Å². The predicted molar refractivity (Wildman–Crippen MR) is 263 cm³/mol. The van der Waals surface area contributed by atoms with Gasteiger partial charge in [0, 0.05) is 19.3 Å². The van der Waals surface area contributed by atoms with Gasteiger partial charge in [0.15, 0.2) is 0 Å². The van der Waals surface area contributed by atoms with Gasteiger partial charge in [-0.3, -0.25) is 47.9 Å². The summed E-state index contributed by atoms with van der Waals surface area (Å²) in [4.78, 5) is 144. The van der Waals surface area contributed by atoms with Crippen molar-refractivity contribution in [1.29, 1.82) is 0 Å². The number of nitrogens with two attached hydrogens (primary N) is 2. The van der Waals surface area contributed by atoms with Crippen LogP contribution in [-0.4, -0.2) is 151 Å². The number of hydrogen-bond donors (Lipinski definition) is 14. The number of phenols is 2. The first kappa shape index (κ1) is 61.6. The third-order valence-corrected chi connectivity index (χ3v) is 11.5. The molecule has 0 aromatic heterocycles. The van der Waals surface area contributed by atoms with E-state index in [0.29, 0.717) is 11.1 Å². The van der Waals surface area contributed by atoms with Crippen molar-refractivity contribution in [2.24, 2.45) is 23.3 Å². The monoisotopic (exact) mass is 1050 g/mol. The molecular weight excluding hydrogens is 979 g/mol. The number of hydrogen-bond acceptors (Lipinski definition) is 15. The number of amides is 8. The minimum absolute atomic E-state index is 0.00706. The second kappa shape index (κ2) is 30.4. The Bertz CT molecular complexity index is 2270. The van der Waals surface area contributed by atoms with Crippen LogP contribution in [0.5, 0.6) is 11.5 Å². The second-order valence-corrected chi connectivity index (χ2v) is 18.9. The van der Waals surface area contributed by atoms with Crippen molar-refractivity contribution in [2.75, 3.05) is 12.0 Å². The standard InChI is InChI=1S/C47H67N9O16S/c1-23(2)18-29(48)40(64)52-32(19-25-6-10-27(57)11-7-25)43(67)50-30(14-15-36(49)59)41(65)53-33(20-26-8-12-28(58)13-9-26)44(68)51-31(16-17-73-5)42(66)54-34(21-37(60)61)45(69)55-35(22-38(62)63)46(70)56-39(24(3)4)47(71)72/h6-13,23-24,29-35,39,57-58H,14-22,48H2,1-5H3,(H2,49,59)(H,50,67)(H,51,68)(H,52,64)(H,53,65)(H,54,66)(H,55,69)(H,56,70)(H,60,61)(H,62,63)(H,71,72)/t29-,30-,31-,32-,33-,34-,35-,39-/m0/s1. The molecule has 0 spiro atoms. The van der Waals surface area contributed by atoms with E-state index in [1.165, 1.54) is 74.1 Å². The van der Waals surface area contributed by atoms with Crippen LogP contribution in [0.1, 0.15) is 77.3 Å². The molecule has 16 N–H and O–H groups in total. The number of aromatic hydroxyl groups is 2. The fourth-order valence-corrected chi connectivity index (χ4v) is 7.48. The van der Waals surface area contributed by atoms with Gasteiger partial charge < -0.3 is 74.2 Å². The van der Waals surface area contributed by atoms with Crippen molar-refractivity contribution in [3.05, 3.63) is 59.7 Å². The molecule has 0 saturated carbocycles. The van der Waals surface area contributed by atoms with Crippen LogP contribution in [0.25, 0.3) is 0 Å². The second-order valence-electron chi connectivity index (χ2n) is 17.9. The van der Waals surface area contributed by atoms with E-state index in [9.17, 15) is 78.3 Å². The quantitative estimate of drug-likeness (QED) is 0.0391. The van der Waals surface area contributed by atoms with E-state index in [1.807, 2.05) is 13.8 Å². The van der Waals surface area contributed by atoms with Crippen LogP contribution in [0.15, 0.2) is 48.5 Å². The largest absolute Gasteiger partial charge is 0.508 e. The zero-order valence-corrected chi connectivity index (χ0v) is 41.9. The number of benzene rings is 2. The van der Waals surface area contributed by atoms with E-state index in [0.717, 1.165) is 0 Å². The van der Waals surface area contributed by atoms with Gasteiger partial charge in [0.2, 0.25) is 47.3 Å². The van der Waals surface area contributed by atoms with Crippen LogP contribution in [0, 0.1) is 11.8 Å². The third kappa shape index (κ3) is 22.6. The number of nitrogens with one attached hydrogen (secondary N) is 7. The highest BCUT2D eigenvalue weighted by Crippen LogP contribution is 2.15. The minimum Gasteiger partial charge on any atom is -0.508 e. The molecule has 73 heavy (non-hydrogen) atoms. The van der Waals surface area contributed by atoms with Crippen molar-refractivity contribution < 1.29 is 78.3 Å². The number of aliphatic carboxylic acids is 3. The predicted octanol–water partition coefficient (Wildman–Crippen LogP) is -1.64. The summed E-state index contributed by atoms with van der Waals surface area (Å²) in [6, 6.07) is -1.48. The molecule has 0 fully saturated rings. The molecule has 26 heteroatoms. The number of carboxylic acids is 3. The van der Waals surface area contributed by atoms with Gasteiger partial charge in [-0.2, -0.15) is 11.8 Å². The molecule has 402 valence electrons. The highest BCUT2D eigenvalue weighted by molar-refractivity contribution is 7.98. The summed E-state index contributed by atoms with van der Waals surface area (Å²) in [6.45, 7) is 6.59. The lowest BCUT2D eigenvalue weighted by atomic mass is 10.0. The topological polar surface area (TPSA) is 425 Å². The van der Waals surface area contributed by atoms with E-state index in [4.69, 9.17) is 11.5 Å². The van der Waals surface area contributed by atoms with Gasteiger partial charge in [-0.25, -0.2) is 4.79 Å². The molecule has 0 aliphatic rings. The zero-order valence-electron chi connectivity index (χ0n) is 41.0. The number of rotatable bonds is 32. The number of thioether (sulfide) groups is 1. The van der Waals surface area contributed by atoms with E-state index < -0.39 is 145 Å². The fraction of sp³-hybridized carbons (Fsp3) is 0.511. The van der Waals surface area contributed by atoms with Gasteiger partial charge in [-0.05, 0) is 78.5 Å². The van der Waals surface area contributed by atoms with E-state index in [1.54, 1.807) is 6.26 Å². The SMILES string of the molecule is CSCC[C@H](NC(=O)[C@H](Cc1ccc(O)cc1)NC(=O)[C@H](CCC(N)=O)NC(=O)[C@H](Cc1ccc(O)cc1)NC(=O)[C@@H](N)CC(C)C)C(=O)N[C@@H](CC(=O)O)C(=O)N[C@@H](CC(=O)O)C(=O)N[C@H](C(=O)O)C(C)C. The van der Waals surface area contributed by atoms with Gasteiger partial charge in [-0.1, -0.05) is 52.0 Å². The molecule has 2 rings (SSSR count). The summed E-state index contributed by atoms with van der Waals surface area (Å²) in [5, 5.41) is 65.0. The summed E-state index contributed by atoms with van der Waals surface area (Å²) >= 11 is 1.22. The molecule has 0 aliphatic heterocycles. The Labute approximate surface area is 425 Å². The smallest absolute Gasteiger partial charge is 0.326 e. The lowest BCUT2D eigenvalue weighted by Crippen LogP contribution is -2.61. The lowest BCUT2D eigenvalue weighted by Gasteiger charge is -2.28. The Morgan fingerprint density at radius 1 is 0.521 bits per heavy atom. The van der Waals surface area contributed by atoms with E-state index in [-0.39, 0.29) is 48.9 Å². The first-order valence-corrected chi connectivity index (χ1v) is 24.5. The number of primary amides is 1. The van der Waals surface area contributed by atoms with Crippen LogP contribution in [0.3, 0.4) is 0 Å². The van der Waals surface area contributed by atoms with E-state index >= 15 is 0 Å². The average Bonchev–Trinajstić information content (AvgIpc) is 3.30. The van der Waals surface area contributed by atoms with Crippen molar-refractivity contribution in [3.63, 3.8) is 0 Å². The highest BCUT2D eigenvalue weighted by Gasteiger charge is 2.36. The summed E-state index contributed by atoms with van der Waals surface area (Å²) in [5.41, 5.74) is 12.4. The van der Waals surface area contributed by atoms with Crippen LogP contribution < -0.4 is 48.7 Å². The lowest BCUT2D eigenvalue weighted by molar-refractivity contribution is -0.145. The molecule has 0 aliphatic carbocycles. The van der Waals surface area contributed by atoms with Gasteiger partial charge >= 0.3 is 17.9 Å². The molecular formula is C47H67N9O16S. The van der Waals surface area contributed by atoms with Gasteiger partial charge in [0.25, 0.3) is 0 Å². The molecule has 0 unspecified atom stereocenters. The van der Waals surface area contributed by atoms with Crippen LogP contribution in [-0.2, 0) is 65.6 Å². The van der Waals surface area contributed by atoms with Crippen molar-refractivity contribution in [3.8, 4) is 11.5 Å². The number of carbonyl (C=O) groups is 11. The maximum absolute atomic E-state index is 14.3. The molecule has 0 bridgehead atoms. The Morgan fingerprint density at radius 3 is 1.25 bits per heavy atom. The van der Waals surface area contributed by atoms with Crippen molar-refractivity contribution >= 4 is 76.9 Å². The van der Waals surface area contributed by atoms with Crippen molar-refractivity contribution in [2.45, 2.75) is 127 Å². The number of carboxylic acid groups (broad SMARTS) is 3. The average molecular weight is 1050 g/mol. The number of carbonyl (C=O) groups excluding carboxylic acids is 8. The third-order valence-electron chi connectivity index (χ3n) is 10.9. The molecule has 0 radical (unpaired) electrons. The molecule has 8 atom stereocenters. The minimum atomic E-state index is -2.00. The molecule has 0 saturated heterocycles. The summed E-state index contributed by atoms with van der Waals surface area (Å²) in [7, 11) is 0. The summed E-state index contributed by atoms with van der Waals surface area (Å²) in [5.74, 6) is -13.7. The summed E-state index contributed by atoms with van der Waals surface area (Å²) < 4.78 is 0. The molecule has 0 heterocycles. The molecule has 25 nitrogen and oxygen atoms in total. The number of phenolic OH excluding ortho intramolecular Hbond substituents is 2. The van der Waals surface area contributed by atoms with Crippen LogP contribution >= 0.6 is 11.8 Å². The first-order valence-electron chi connectivity index (χ1n) is 23.1. The molecule has 2 aromatic rings. The Morgan fingerprint density at radius 2 is 0.877 bits per heavy atom. The van der Waals surface area contributed by atoms with Gasteiger partial charge in [0.1, 0.15) is 53.8 Å². The van der Waals surface area contributed by atoms with E-state index in [2.05, 4.69) is 37.2 Å². The maximum Gasteiger partial charge on any atom is 0.326 e. The normalized spacial score (nSPS) is 14.4. The van der Waals surface area contributed by atoms with Gasteiger partial charge in [0.05, 0.1) is 18.9 Å². The molecule has 2 aromatic carbocycles. The van der Waals surface area contributed by atoms with Crippen LogP contribution in [0.4, 0.5) is 0 Å². The Balaban J connectivity index is 2.53. The van der Waals surface area contributed by atoms with Gasteiger partial charge in [-0.15, -0.1) is 0 Å². The summed E-state index contributed by atoms with van der Waals surface area (Å²) in [6.07, 6.45) is -1.78. The Kier molecular flexibility index (Phi) is 25.7. The first-order chi connectivity index (χ1) is 34.2.